The summed E-state index contributed by atoms with van der Waals surface area (Å²) in [7, 11) is 0. The number of Topliss-reactive ketones (excluding diaryl/α,β-unsaturated/α-hetero) is 1. The summed E-state index contributed by atoms with van der Waals surface area (Å²) in [4.78, 5) is 31.5. The van der Waals surface area contributed by atoms with Crippen LogP contribution in [0, 0.1) is 5.82 Å². The number of oxazole rings is 1. The number of nitrogens with one attached hydrogen (secondary N) is 1. The molecule has 0 fully saturated rings. The largest absolute Gasteiger partial charge is 0.443 e. The molecule has 2 aromatic heterocycles. The molecule has 0 atom stereocenters. The highest BCUT2D eigenvalue weighted by Crippen LogP contribution is 2.23. The van der Waals surface area contributed by atoms with E-state index in [0.717, 1.165) is 11.8 Å². The van der Waals surface area contributed by atoms with Gasteiger partial charge in [0.2, 0.25) is 0 Å². The van der Waals surface area contributed by atoms with E-state index in [2.05, 4.69) is 15.3 Å². The third-order valence-corrected chi connectivity index (χ3v) is 4.03. The third kappa shape index (κ3) is 4.63. The molecule has 7 heteroatoms. The monoisotopic (exact) mass is 367 g/mol. The molecular weight excluding hydrogens is 349 g/mol. The zero-order valence-electron chi connectivity index (χ0n) is 14.7. The van der Waals surface area contributed by atoms with Crippen molar-refractivity contribution >= 4 is 11.7 Å². The van der Waals surface area contributed by atoms with Crippen molar-refractivity contribution in [3.63, 3.8) is 0 Å². The van der Waals surface area contributed by atoms with E-state index in [0.29, 0.717) is 36.3 Å². The number of nitrogens with zero attached hydrogens (tertiary/aromatic N) is 2. The van der Waals surface area contributed by atoms with Gasteiger partial charge in [-0.2, -0.15) is 0 Å². The van der Waals surface area contributed by atoms with Crippen molar-refractivity contribution in [2.24, 2.45) is 0 Å². The Bertz CT molecular complexity index is 951. The molecule has 0 saturated carbocycles. The van der Waals surface area contributed by atoms with Gasteiger partial charge in [-0.25, -0.2) is 9.37 Å². The maximum Gasteiger partial charge on any atom is 0.273 e. The predicted octanol–water partition coefficient (Wildman–Crippen LogP) is 3.44. The van der Waals surface area contributed by atoms with Gasteiger partial charge in [0.1, 0.15) is 5.82 Å². The lowest BCUT2D eigenvalue weighted by Crippen LogP contribution is -2.25. The maximum atomic E-state index is 13.1. The predicted molar refractivity (Wildman–Crippen MR) is 96.8 cm³/mol. The quantitative estimate of drug-likeness (QED) is 0.511. The Balaban J connectivity index is 1.59. The number of carbonyl (C=O) groups is 2. The molecule has 6 nitrogen and oxygen atoms in total. The Kier molecular flexibility index (Phi) is 5.71. The molecule has 0 radical (unpaired) electrons. The summed E-state index contributed by atoms with van der Waals surface area (Å²) >= 11 is 0. The average Bonchev–Trinajstić information content (AvgIpc) is 3.15. The normalized spacial score (nSPS) is 10.6. The van der Waals surface area contributed by atoms with Gasteiger partial charge in [0.25, 0.3) is 5.91 Å². The van der Waals surface area contributed by atoms with Crippen LogP contribution < -0.4 is 5.32 Å². The molecule has 2 heterocycles. The first-order chi connectivity index (χ1) is 13.0. The number of pyridine rings is 1. The number of hydrogen-bond acceptors (Lipinski definition) is 5. The van der Waals surface area contributed by atoms with E-state index in [9.17, 15) is 14.0 Å². The Morgan fingerprint density at radius 3 is 2.67 bits per heavy atom. The van der Waals surface area contributed by atoms with Gasteiger partial charge in [-0.05, 0) is 31.4 Å². The van der Waals surface area contributed by atoms with Gasteiger partial charge in [0.15, 0.2) is 23.6 Å². The van der Waals surface area contributed by atoms with E-state index in [1.165, 1.54) is 19.4 Å². The van der Waals surface area contributed by atoms with Gasteiger partial charge >= 0.3 is 0 Å². The Hall–Kier alpha value is -3.35. The van der Waals surface area contributed by atoms with E-state index in [1.54, 1.807) is 30.5 Å². The third-order valence-electron chi connectivity index (χ3n) is 4.03. The summed E-state index contributed by atoms with van der Waals surface area (Å²) in [6.07, 6.45) is 5.20. The number of carbonyl (C=O) groups excluding carboxylic acids is 2. The summed E-state index contributed by atoms with van der Waals surface area (Å²) < 4.78 is 18.4. The molecule has 3 aromatic rings. The summed E-state index contributed by atoms with van der Waals surface area (Å²) in [5.74, 6) is -0.422. The summed E-state index contributed by atoms with van der Waals surface area (Å²) in [6, 6.07) is 8.20. The Morgan fingerprint density at radius 2 is 1.96 bits per heavy atom. The molecule has 1 N–H and O–H groups in total. The van der Waals surface area contributed by atoms with Gasteiger partial charge in [0.05, 0.1) is 6.20 Å². The van der Waals surface area contributed by atoms with Crippen LogP contribution in [0.1, 0.15) is 39.8 Å². The lowest BCUT2D eigenvalue weighted by atomic mass is 10.1. The van der Waals surface area contributed by atoms with E-state index >= 15 is 0 Å². The average molecular weight is 367 g/mol. The van der Waals surface area contributed by atoms with Gasteiger partial charge in [-0.3, -0.25) is 14.6 Å². The zero-order valence-corrected chi connectivity index (χ0v) is 14.7. The van der Waals surface area contributed by atoms with Crippen molar-refractivity contribution in [3.8, 4) is 11.3 Å². The summed E-state index contributed by atoms with van der Waals surface area (Å²) in [6.45, 7) is 1.90. The van der Waals surface area contributed by atoms with E-state index in [-0.39, 0.29) is 23.2 Å². The Labute approximate surface area is 155 Å². The first kappa shape index (κ1) is 18.4. The van der Waals surface area contributed by atoms with Crippen molar-refractivity contribution in [3.05, 3.63) is 71.8 Å². The van der Waals surface area contributed by atoms with E-state index in [1.807, 2.05) is 0 Å². The van der Waals surface area contributed by atoms with E-state index in [4.69, 9.17) is 4.42 Å². The molecule has 138 valence electrons. The Morgan fingerprint density at radius 1 is 1.19 bits per heavy atom. The van der Waals surface area contributed by atoms with Crippen LogP contribution in [0.3, 0.4) is 0 Å². The second kappa shape index (κ2) is 8.35. The SMILES string of the molecule is CC(=O)c1ccc(-c2ocnc2C(=O)NCCCc2cncc(F)c2)cc1. The van der Waals surface area contributed by atoms with Gasteiger partial charge in [0, 0.05) is 23.9 Å². The van der Waals surface area contributed by atoms with Crippen LogP contribution in [0.4, 0.5) is 4.39 Å². The van der Waals surface area contributed by atoms with E-state index < -0.39 is 0 Å². The molecule has 0 bridgehead atoms. The number of rotatable bonds is 7. The molecule has 27 heavy (non-hydrogen) atoms. The second-order valence-corrected chi connectivity index (χ2v) is 6.03. The molecule has 3 rings (SSSR count). The number of amides is 1. The first-order valence-corrected chi connectivity index (χ1v) is 8.47. The molecule has 0 aliphatic rings. The highest BCUT2D eigenvalue weighted by atomic mass is 19.1. The number of halogens is 1. The first-order valence-electron chi connectivity index (χ1n) is 8.47. The van der Waals surface area contributed by atoms with Crippen LogP contribution in [0.2, 0.25) is 0 Å². The molecule has 0 aliphatic carbocycles. The minimum absolute atomic E-state index is 0.0365. The smallest absolute Gasteiger partial charge is 0.273 e. The highest BCUT2D eigenvalue weighted by Gasteiger charge is 2.18. The molecule has 0 aliphatic heterocycles. The summed E-state index contributed by atoms with van der Waals surface area (Å²) in [5, 5.41) is 2.78. The number of aromatic nitrogens is 2. The van der Waals surface area contributed by atoms with Gasteiger partial charge in [-0.15, -0.1) is 0 Å². The van der Waals surface area contributed by atoms with Crippen LogP contribution in [0.15, 0.2) is 53.5 Å². The fourth-order valence-electron chi connectivity index (χ4n) is 2.64. The molecule has 1 amide bonds. The lowest BCUT2D eigenvalue weighted by Gasteiger charge is -2.05. The molecule has 0 saturated heterocycles. The number of ketones is 1. The topological polar surface area (TPSA) is 85.1 Å². The molecule has 1 aromatic carbocycles. The molecule has 0 spiro atoms. The van der Waals surface area contributed by atoms with Crippen LogP contribution >= 0.6 is 0 Å². The summed E-state index contributed by atoms with van der Waals surface area (Å²) in [5.41, 5.74) is 2.19. The zero-order chi connectivity index (χ0) is 19.2. The second-order valence-electron chi connectivity index (χ2n) is 6.03. The van der Waals surface area contributed by atoms with Crippen molar-refractivity contribution in [1.82, 2.24) is 15.3 Å². The molecular formula is C20H18FN3O3. The minimum Gasteiger partial charge on any atom is -0.443 e. The van der Waals surface area contributed by atoms with Gasteiger partial charge < -0.3 is 9.73 Å². The van der Waals surface area contributed by atoms with Crippen LogP contribution in [0.25, 0.3) is 11.3 Å². The van der Waals surface area contributed by atoms with Crippen LogP contribution in [0.5, 0.6) is 0 Å². The number of hydrogen-bond donors (Lipinski definition) is 1. The molecule has 0 unspecified atom stereocenters. The fraction of sp³-hybridized carbons (Fsp3) is 0.200. The minimum atomic E-state index is -0.375. The van der Waals surface area contributed by atoms with Gasteiger partial charge in [-0.1, -0.05) is 24.3 Å². The van der Waals surface area contributed by atoms with Crippen molar-refractivity contribution in [2.45, 2.75) is 19.8 Å². The van der Waals surface area contributed by atoms with Crippen molar-refractivity contribution in [1.29, 1.82) is 0 Å². The lowest BCUT2D eigenvalue weighted by molar-refractivity contribution is 0.0948. The standard InChI is InChI=1S/C20H18FN3O3/c1-13(25)15-4-6-16(7-5-15)19-18(24-12-27-19)20(26)23-8-2-3-14-9-17(21)11-22-10-14/h4-7,9-12H,2-3,8H2,1H3,(H,23,26). The van der Waals surface area contributed by atoms with Crippen molar-refractivity contribution in [2.75, 3.05) is 6.54 Å². The van der Waals surface area contributed by atoms with Crippen LogP contribution in [-0.2, 0) is 6.42 Å². The van der Waals surface area contributed by atoms with Crippen molar-refractivity contribution < 1.29 is 18.4 Å². The highest BCUT2D eigenvalue weighted by molar-refractivity contribution is 5.98. The number of benzene rings is 1. The van der Waals surface area contributed by atoms with Crippen LogP contribution in [-0.4, -0.2) is 28.2 Å². The number of aryl methyl sites for hydroxylation is 1. The fourth-order valence-corrected chi connectivity index (χ4v) is 2.64. The maximum absolute atomic E-state index is 13.1.